The number of rotatable bonds is 8. The van der Waals surface area contributed by atoms with Crippen LogP contribution >= 0.6 is 0 Å². The monoisotopic (exact) mass is 239 g/mol. The van der Waals surface area contributed by atoms with Gasteiger partial charge in [0.25, 0.3) is 0 Å². The molecule has 1 aromatic rings. The van der Waals surface area contributed by atoms with Crippen LogP contribution in [0.2, 0.25) is 0 Å². The van der Waals surface area contributed by atoms with Crippen LogP contribution in [0, 0.1) is 5.92 Å². The van der Waals surface area contributed by atoms with Gasteiger partial charge in [0.15, 0.2) is 0 Å². The highest BCUT2D eigenvalue weighted by molar-refractivity contribution is 4.82. The smallest absolute Gasteiger partial charge is 0.316 e. The predicted octanol–water partition coefficient (Wildman–Crippen LogP) is 1.70. The molecule has 0 bridgehead atoms. The molecule has 1 atom stereocenters. The maximum Gasteiger partial charge on any atom is 0.328 e. The van der Waals surface area contributed by atoms with Crippen LogP contribution in [-0.4, -0.2) is 22.2 Å². The van der Waals surface area contributed by atoms with E-state index in [-0.39, 0.29) is 5.69 Å². The fraction of sp³-hybridized carbons (Fsp3) is 0.769. The molecule has 0 amide bonds. The van der Waals surface area contributed by atoms with Crippen molar-refractivity contribution in [2.24, 2.45) is 5.92 Å². The van der Waals surface area contributed by atoms with E-state index in [9.17, 15) is 4.79 Å². The maximum absolute atomic E-state index is 11.9. The van der Waals surface area contributed by atoms with E-state index < -0.39 is 0 Å². The second-order valence-electron chi connectivity index (χ2n) is 4.74. The minimum Gasteiger partial charge on any atom is -0.316 e. The van der Waals surface area contributed by atoms with Crippen LogP contribution in [0.15, 0.2) is 17.2 Å². The Morgan fingerprint density at radius 3 is 2.59 bits per heavy atom. The fourth-order valence-corrected chi connectivity index (χ4v) is 1.93. The first-order valence-corrected chi connectivity index (χ1v) is 6.65. The van der Waals surface area contributed by atoms with E-state index in [1.54, 1.807) is 4.57 Å². The molecule has 1 N–H and O–H groups in total. The molecule has 0 aliphatic heterocycles. The molecule has 0 radical (unpaired) electrons. The summed E-state index contributed by atoms with van der Waals surface area (Å²) in [6.45, 7) is 10.1. The zero-order chi connectivity index (χ0) is 12.7. The lowest BCUT2D eigenvalue weighted by Crippen LogP contribution is -2.30. The average Bonchev–Trinajstić information content (AvgIpc) is 2.63. The van der Waals surface area contributed by atoms with Gasteiger partial charge in [0.05, 0.1) is 0 Å². The predicted molar refractivity (Wildman–Crippen MR) is 71.3 cm³/mol. The minimum atomic E-state index is 0.120. The first-order chi connectivity index (χ1) is 8.19. The van der Waals surface area contributed by atoms with E-state index in [4.69, 9.17) is 0 Å². The van der Waals surface area contributed by atoms with E-state index in [1.807, 2.05) is 17.0 Å². The van der Waals surface area contributed by atoms with E-state index in [0.29, 0.717) is 5.92 Å². The van der Waals surface area contributed by atoms with Gasteiger partial charge in [-0.25, -0.2) is 4.79 Å². The van der Waals surface area contributed by atoms with Crippen molar-refractivity contribution in [1.82, 2.24) is 14.5 Å². The Morgan fingerprint density at radius 2 is 1.94 bits per heavy atom. The van der Waals surface area contributed by atoms with Gasteiger partial charge >= 0.3 is 5.69 Å². The summed E-state index contributed by atoms with van der Waals surface area (Å²) in [7, 11) is 0. The molecule has 0 saturated heterocycles. The second kappa shape index (κ2) is 7.33. The lowest BCUT2D eigenvalue weighted by Gasteiger charge is -2.12. The number of aryl methyl sites for hydroxylation is 1. The van der Waals surface area contributed by atoms with E-state index in [2.05, 4.69) is 26.1 Å². The fourth-order valence-electron chi connectivity index (χ4n) is 1.93. The molecule has 17 heavy (non-hydrogen) atoms. The van der Waals surface area contributed by atoms with Gasteiger partial charge < -0.3 is 5.32 Å². The molecular formula is C13H25N3O. The lowest BCUT2D eigenvalue weighted by molar-refractivity contribution is 0.435. The van der Waals surface area contributed by atoms with Crippen molar-refractivity contribution in [3.05, 3.63) is 22.9 Å². The van der Waals surface area contributed by atoms with Gasteiger partial charge in [-0.15, -0.1) is 0 Å². The van der Waals surface area contributed by atoms with Crippen LogP contribution in [0.25, 0.3) is 0 Å². The molecule has 1 heterocycles. The van der Waals surface area contributed by atoms with Crippen LogP contribution < -0.4 is 11.0 Å². The first kappa shape index (κ1) is 14.0. The second-order valence-corrected chi connectivity index (χ2v) is 4.74. The Morgan fingerprint density at radius 1 is 1.24 bits per heavy atom. The van der Waals surface area contributed by atoms with Crippen molar-refractivity contribution in [2.75, 3.05) is 13.1 Å². The molecule has 0 aromatic carbocycles. The topological polar surface area (TPSA) is 39.0 Å². The Bertz CT molecular complexity index is 367. The number of hydrogen-bond acceptors (Lipinski definition) is 2. The highest BCUT2D eigenvalue weighted by Crippen LogP contribution is 1.98. The molecule has 0 aliphatic rings. The van der Waals surface area contributed by atoms with E-state index >= 15 is 0 Å². The number of nitrogens with zero attached hydrogens (tertiary/aromatic N) is 2. The molecule has 0 saturated carbocycles. The third kappa shape index (κ3) is 4.38. The van der Waals surface area contributed by atoms with Crippen molar-refractivity contribution in [3.8, 4) is 0 Å². The van der Waals surface area contributed by atoms with Crippen LogP contribution in [0.4, 0.5) is 0 Å². The van der Waals surface area contributed by atoms with Crippen LogP contribution in [0.3, 0.4) is 0 Å². The van der Waals surface area contributed by atoms with Crippen LogP contribution in [0.5, 0.6) is 0 Å². The third-order valence-corrected chi connectivity index (χ3v) is 2.81. The summed E-state index contributed by atoms with van der Waals surface area (Å²) in [6, 6.07) is 0. The Hall–Kier alpha value is -1.03. The molecule has 4 heteroatoms. The number of aromatic nitrogens is 2. The summed E-state index contributed by atoms with van der Waals surface area (Å²) in [6.07, 6.45) is 5.93. The number of nitrogens with one attached hydrogen (secondary N) is 1. The summed E-state index contributed by atoms with van der Waals surface area (Å²) in [5.74, 6) is 0.483. The molecule has 1 aromatic heterocycles. The highest BCUT2D eigenvalue weighted by Gasteiger charge is 2.06. The van der Waals surface area contributed by atoms with E-state index in [0.717, 1.165) is 39.0 Å². The molecular weight excluding hydrogens is 214 g/mol. The molecule has 1 rings (SSSR count). The maximum atomic E-state index is 11.9. The largest absolute Gasteiger partial charge is 0.328 e. The molecule has 4 nitrogen and oxygen atoms in total. The molecule has 1 unspecified atom stereocenters. The Kier molecular flexibility index (Phi) is 6.05. The lowest BCUT2D eigenvalue weighted by atomic mass is 10.2. The third-order valence-electron chi connectivity index (χ3n) is 2.81. The van der Waals surface area contributed by atoms with E-state index in [1.165, 1.54) is 0 Å². The van der Waals surface area contributed by atoms with Crippen molar-refractivity contribution in [1.29, 1.82) is 0 Å². The normalized spacial score (nSPS) is 12.9. The Labute approximate surface area is 104 Å². The molecule has 0 spiro atoms. The molecule has 0 fully saturated rings. The van der Waals surface area contributed by atoms with Gasteiger partial charge in [-0.3, -0.25) is 9.13 Å². The van der Waals surface area contributed by atoms with Crippen molar-refractivity contribution < 1.29 is 0 Å². The summed E-state index contributed by atoms with van der Waals surface area (Å²) in [5.41, 5.74) is 0.120. The summed E-state index contributed by atoms with van der Waals surface area (Å²) >= 11 is 0. The van der Waals surface area contributed by atoms with Gasteiger partial charge in [0.2, 0.25) is 0 Å². The zero-order valence-corrected chi connectivity index (χ0v) is 11.3. The van der Waals surface area contributed by atoms with Gasteiger partial charge in [-0.1, -0.05) is 20.8 Å². The summed E-state index contributed by atoms with van der Waals surface area (Å²) in [5, 5.41) is 3.38. The minimum absolute atomic E-state index is 0.120. The molecule has 0 aliphatic carbocycles. The van der Waals surface area contributed by atoms with Gasteiger partial charge in [0.1, 0.15) is 0 Å². The van der Waals surface area contributed by atoms with Crippen LogP contribution in [0.1, 0.15) is 33.6 Å². The number of imidazole rings is 1. The highest BCUT2D eigenvalue weighted by atomic mass is 16.1. The standard InChI is InChI=1S/C13H25N3O/c1-4-6-14-10-12(3)11-16-9-8-15(7-5-2)13(16)17/h8-9,12,14H,4-7,10-11H2,1-3H3. The number of hydrogen-bond donors (Lipinski definition) is 1. The Balaban J connectivity index is 2.48. The van der Waals surface area contributed by atoms with Crippen molar-refractivity contribution in [3.63, 3.8) is 0 Å². The van der Waals surface area contributed by atoms with Gasteiger partial charge in [-0.2, -0.15) is 0 Å². The molecule has 98 valence electrons. The summed E-state index contributed by atoms with van der Waals surface area (Å²) < 4.78 is 3.60. The van der Waals surface area contributed by atoms with Gasteiger partial charge in [-0.05, 0) is 31.8 Å². The quantitative estimate of drug-likeness (QED) is 0.701. The SMILES string of the molecule is CCCNCC(C)Cn1ccn(CCC)c1=O. The van der Waals surface area contributed by atoms with Crippen molar-refractivity contribution >= 4 is 0 Å². The average molecular weight is 239 g/mol. The first-order valence-electron chi connectivity index (χ1n) is 6.65. The van der Waals surface area contributed by atoms with Gasteiger partial charge in [0, 0.05) is 25.5 Å². The van der Waals surface area contributed by atoms with Crippen LogP contribution in [-0.2, 0) is 13.1 Å². The van der Waals surface area contributed by atoms with Crippen molar-refractivity contribution in [2.45, 2.75) is 46.7 Å². The zero-order valence-electron chi connectivity index (χ0n) is 11.3. The summed E-state index contributed by atoms with van der Waals surface area (Å²) in [4.78, 5) is 11.9.